The van der Waals surface area contributed by atoms with Crippen LogP contribution in [-0.4, -0.2) is 15.0 Å². The molecule has 0 atom stereocenters. The number of anilines is 3. The van der Waals surface area contributed by atoms with Crippen molar-refractivity contribution in [3.63, 3.8) is 0 Å². The molecule has 2 aliphatic heterocycles. The van der Waals surface area contributed by atoms with Crippen LogP contribution < -0.4 is 14.4 Å². The molecule has 0 saturated carbocycles. The first-order valence-corrected chi connectivity index (χ1v) is 18.1. The van der Waals surface area contributed by atoms with Gasteiger partial charge >= 0.3 is 0 Å². The zero-order valence-corrected chi connectivity index (χ0v) is 29.8. The molecule has 2 aliphatic rings. The molecular formula is C48H34N4O2. The maximum atomic E-state index is 6.61. The highest BCUT2D eigenvalue weighted by molar-refractivity contribution is 5.88. The fraction of sp³-hybridized carbons (Fsp3) is 0.0625. The van der Waals surface area contributed by atoms with Gasteiger partial charge in [-0.15, -0.1) is 0 Å². The van der Waals surface area contributed by atoms with Crippen LogP contribution in [0.5, 0.6) is 23.0 Å². The molecule has 0 unspecified atom stereocenters. The number of aromatic nitrogens is 3. The Labute approximate surface area is 314 Å². The number of hydrogen-bond acceptors (Lipinski definition) is 6. The van der Waals surface area contributed by atoms with Crippen LogP contribution >= 0.6 is 0 Å². The third-order valence-electron chi connectivity index (χ3n) is 10.4. The molecule has 54 heavy (non-hydrogen) atoms. The van der Waals surface area contributed by atoms with E-state index in [1.807, 2.05) is 84.9 Å². The van der Waals surface area contributed by atoms with Crippen LogP contribution in [0.3, 0.4) is 0 Å². The first kappa shape index (κ1) is 31.7. The average Bonchev–Trinajstić information content (AvgIpc) is 3.23. The van der Waals surface area contributed by atoms with E-state index in [1.165, 1.54) is 16.8 Å². The quantitative estimate of drug-likeness (QED) is 0.178. The lowest BCUT2D eigenvalue weighted by Crippen LogP contribution is -2.30. The number of fused-ring (bicyclic) bond motifs is 4. The Balaban J connectivity index is 1.02. The first-order chi connectivity index (χ1) is 26.5. The first-order valence-electron chi connectivity index (χ1n) is 18.1. The van der Waals surface area contributed by atoms with E-state index in [1.54, 1.807) is 0 Å². The molecule has 0 spiro atoms. The summed E-state index contributed by atoms with van der Waals surface area (Å²) in [4.78, 5) is 17.0. The number of rotatable bonds is 5. The Hall–Kier alpha value is -7.05. The van der Waals surface area contributed by atoms with Crippen LogP contribution in [0, 0.1) is 0 Å². The van der Waals surface area contributed by atoms with E-state index in [2.05, 4.69) is 104 Å². The SMILES string of the molecule is CC1(C)c2ccccc2N(c2ccccc2)c2cc(-c3ccc4c(c3)Oc3cc(-c5nc(-c6ccccc6)nc(-c6ccccc6)n5)ccc3O4)ccc21. The van der Waals surface area contributed by atoms with Gasteiger partial charge in [-0.25, -0.2) is 15.0 Å². The Morgan fingerprint density at radius 3 is 1.50 bits per heavy atom. The number of hydrogen-bond donors (Lipinski definition) is 0. The molecule has 8 aromatic rings. The number of ether oxygens (including phenoxy) is 2. The van der Waals surface area contributed by atoms with Crippen molar-refractivity contribution in [2.45, 2.75) is 19.3 Å². The van der Waals surface area contributed by atoms with Gasteiger partial charge in [0, 0.05) is 27.8 Å². The van der Waals surface area contributed by atoms with E-state index in [4.69, 9.17) is 24.4 Å². The molecule has 6 heteroatoms. The van der Waals surface area contributed by atoms with Gasteiger partial charge in [0.15, 0.2) is 40.5 Å². The second kappa shape index (κ2) is 12.6. The summed E-state index contributed by atoms with van der Waals surface area (Å²) in [7, 11) is 0. The van der Waals surface area contributed by atoms with Crippen molar-refractivity contribution in [2.24, 2.45) is 0 Å². The standard InChI is InChI=1S/C48H34N4O2/c1-48(2)37-20-12-13-21-39(37)52(36-18-10-5-11-19-36)40-28-33(22-25-38(40)48)34-23-26-41-43(29-34)54-44-30-35(24-27-42(44)53-41)47-50-45(31-14-6-3-7-15-31)49-46(51-47)32-16-8-4-9-17-32/h3-30H,1-2H3. The summed E-state index contributed by atoms with van der Waals surface area (Å²) in [5.74, 6) is 4.29. The van der Waals surface area contributed by atoms with Crippen molar-refractivity contribution in [3.8, 4) is 68.3 Å². The van der Waals surface area contributed by atoms with Gasteiger partial charge in [0.2, 0.25) is 0 Å². The van der Waals surface area contributed by atoms with Gasteiger partial charge in [-0.2, -0.15) is 0 Å². The van der Waals surface area contributed by atoms with Crippen LogP contribution in [0.15, 0.2) is 170 Å². The van der Waals surface area contributed by atoms with Gasteiger partial charge in [0.25, 0.3) is 0 Å². The Morgan fingerprint density at radius 2 is 0.852 bits per heavy atom. The monoisotopic (exact) mass is 698 g/mol. The highest BCUT2D eigenvalue weighted by Gasteiger charge is 2.37. The van der Waals surface area contributed by atoms with E-state index < -0.39 is 0 Å². The molecular weight excluding hydrogens is 665 g/mol. The average molecular weight is 699 g/mol. The molecule has 0 saturated heterocycles. The molecule has 0 amide bonds. The third-order valence-corrected chi connectivity index (χ3v) is 10.4. The fourth-order valence-corrected chi connectivity index (χ4v) is 7.59. The lowest BCUT2D eigenvalue weighted by molar-refractivity contribution is 0.360. The Kier molecular flexibility index (Phi) is 7.37. The predicted molar refractivity (Wildman–Crippen MR) is 215 cm³/mol. The van der Waals surface area contributed by atoms with Crippen LogP contribution in [0.1, 0.15) is 25.0 Å². The normalized spacial score (nSPS) is 13.4. The predicted octanol–water partition coefficient (Wildman–Crippen LogP) is 12.5. The van der Waals surface area contributed by atoms with E-state index in [9.17, 15) is 0 Å². The second-order valence-electron chi connectivity index (χ2n) is 14.1. The van der Waals surface area contributed by atoms with Gasteiger partial charge in [-0.05, 0) is 76.9 Å². The van der Waals surface area contributed by atoms with Crippen LogP contribution in [0.25, 0.3) is 45.3 Å². The Morgan fingerprint density at radius 1 is 0.389 bits per heavy atom. The van der Waals surface area contributed by atoms with E-state index in [0.29, 0.717) is 40.5 Å². The van der Waals surface area contributed by atoms with E-state index in [-0.39, 0.29) is 5.41 Å². The molecule has 0 N–H and O–H groups in total. The van der Waals surface area contributed by atoms with Gasteiger partial charge < -0.3 is 14.4 Å². The largest absolute Gasteiger partial charge is 0.450 e. The van der Waals surface area contributed by atoms with Crippen molar-refractivity contribution in [1.29, 1.82) is 0 Å². The summed E-state index contributed by atoms with van der Waals surface area (Å²) >= 11 is 0. The third kappa shape index (κ3) is 5.39. The minimum Gasteiger partial charge on any atom is -0.450 e. The molecule has 258 valence electrons. The summed E-state index contributed by atoms with van der Waals surface area (Å²) < 4.78 is 13.0. The smallest absolute Gasteiger partial charge is 0.170 e. The molecule has 0 fully saturated rings. The minimum atomic E-state index is -0.174. The topological polar surface area (TPSA) is 60.4 Å². The minimum absolute atomic E-state index is 0.174. The summed E-state index contributed by atoms with van der Waals surface area (Å²) in [5.41, 5.74) is 10.6. The maximum absolute atomic E-state index is 6.61. The van der Waals surface area contributed by atoms with Crippen molar-refractivity contribution < 1.29 is 9.47 Å². The molecule has 7 aromatic carbocycles. The van der Waals surface area contributed by atoms with Crippen LogP contribution in [0.2, 0.25) is 0 Å². The number of para-hydroxylation sites is 2. The fourth-order valence-electron chi connectivity index (χ4n) is 7.59. The molecule has 0 bridgehead atoms. The van der Waals surface area contributed by atoms with Gasteiger partial charge in [0.05, 0.1) is 11.4 Å². The van der Waals surface area contributed by atoms with Crippen molar-refractivity contribution in [2.75, 3.05) is 4.90 Å². The van der Waals surface area contributed by atoms with E-state index >= 15 is 0 Å². The van der Waals surface area contributed by atoms with Gasteiger partial charge in [-0.3, -0.25) is 0 Å². The zero-order chi connectivity index (χ0) is 36.2. The summed E-state index contributed by atoms with van der Waals surface area (Å²) in [5, 5.41) is 0. The van der Waals surface area contributed by atoms with Gasteiger partial charge in [-0.1, -0.05) is 129 Å². The maximum Gasteiger partial charge on any atom is 0.170 e. The molecule has 6 nitrogen and oxygen atoms in total. The van der Waals surface area contributed by atoms with Gasteiger partial charge in [0.1, 0.15) is 0 Å². The second-order valence-corrected chi connectivity index (χ2v) is 14.1. The summed E-state index contributed by atoms with van der Waals surface area (Å²) in [6.45, 7) is 4.62. The molecule has 0 aliphatic carbocycles. The zero-order valence-electron chi connectivity index (χ0n) is 29.8. The highest BCUT2D eigenvalue weighted by atomic mass is 16.6. The van der Waals surface area contributed by atoms with Crippen LogP contribution in [0.4, 0.5) is 17.1 Å². The molecule has 1 aromatic heterocycles. The molecule has 3 heterocycles. The molecule has 10 rings (SSSR count). The lowest BCUT2D eigenvalue weighted by Gasteiger charge is -2.42. The number of benzene rings is 7. The highest BCUT2D eigenvalue weighted by Crippen LogP contribution is 2.53. The van der Waals surface area contributed by atoms with Crippen molar-refractivity contribution >= 4 is 17.1 Å². The van der Waals surface area contributed by atoms with Crippen molar-refractivity contribution in [3.05, 3.63) is 181 Å². The Bertz CT molecular complexity index is 2640. The van der Waals surface area contributed by atoms with Crippen LogP contribution in [-0.2, 0) is 5.41 Å². The van der Waals surface area contributed by atoms with Crippen molar-refractivity contribution in [1.82, 2.24) is 15.0 Å². The van der Waals surface area contributed by atoms with E-state index in [0.717, 1.165) is 39.2 Å². The summed E-state index contributed by atoms with van der Waals surface area (Å²) in [6.07, 6.45) is 0. The molecule has 0 radical (unpaired) electrons. The number of nitrogens with zero attached hydrogens (tertiary/aromatic N) is 4. The lowest BCUT2D eigenvalue weighted by atomic mass is 9.73. The summed E-state index contributed by atoms with van der Waals surface area (Å²) in [6, 6.07) is 58.0.